The van der Waals surface area contributed by atoms with E-state index in [4.69, 9.17) is 0 Å². The molecule has 110 valence electrons. The van der Waals surface area contributed by atoms with Crippen molar-refractivity contribution in [1.29, 1.82) is 0 Å². The number of hydrogen-bond acceptors (Lipinski definition) is 3. The Bertz CT molecular complexity index is 394. The molecule has 1 aliphatic rings. The van der Waals surface area contributed by atoms with Gasteiger partial charge >= 0.3 is 0 Å². The predicted octanol–water partition coefficient (Wildman–Crippen LogP) is 2.36. The van der Waals surface area contributed by atoms with Crippen LogP contribution in [0.1, 0.15) is 13.3 Å². The summed E-state index contributed by atoms with van der Waals surface area (Å²) in [5.74, 6) is 0. The Balaban J connectivity index is 1.70. The van der Waals surface area contributed by atoms with Crippen molar-refractivity contribution in [2.24, 2.45) is 0 Å². The van der Waals surface area contributed by atoms with Crippen LogP contribution in [0.5, 0.6) is 0 Å². The van der Waals surface area contributed by atoms with Crippen LogP contribution in [0.25, 0.3) is 0 Å². The third-order valence-corrected chi connectivity index (χ3v) is 3.74. The van der Waals surface area contributed by atoms with Gasteiger partial charge in [0.2, 0.25) is 0 Å². The van der Waals surface area contributed by atoms with Crippen LogP contribution < -0.4 is 10.2 Å². The van der Waals surface area contributed by atoms with Gasteiger partial charge in [-0.2, -0.15) is 0 Å². The summed E-state index contributed by atoms with van der Waals surface area (Å²) in [6.45, 7) is 13.9. The Hall–Kier alpha value is -1.32. The van der Waals surface area contributed by atoms with Crippen molar-refractivity contribution in [2.45, 2.75) is 13.3 Å². The molecule has 0 bridgehead atoms. The molecule has 1 fully saturated rings. The lowest BCUT2D eigenvalue weighted by Crippen LogP contribution is -2.47. The molecular formula is C17H27N3. The van der Waals surface area contributed by atoms with Gasteiger partial charge in [0.1, 0.15) is 0 Å². The Morgan fingerprint density at radius 2 is 1.85 bits per heavy atom. The lowest BCUT2D eigenvalue weighted by molar-refractivity contribution is 0.276. The van der Waals surface area contributed by atoms with E-state index in [-0.39, 0.29) is 0 Å². The molecule has 20 heavy (non-hydrogen) atoms. The van der Waals surface area contributed by atoms with E-state index in [9.17, 15) is 0 Å². The van der Waals surface area contributed by atoms with Crippen molar-refractivity contribution < 1.29 is 0 Å². The van der Waals surface area contributed by atoms with Gasteiger partial charge in [-0.25, -0.2) is 0 Å². The highest BCUT2D eigenvalue weighted by atomic mass is 15.3. The highest BCUT2D eigenvalue weighted by molar-refractivity contribution is 5.46. The minimum atomic E-state index is 0.951. The van der Waals surface area contributed by atoms with E-state index in [2.05, 4.69) is 59.0 Å². The minimum absolute atomic E-state index is 0.951. The SMILES string of the molecule is C=C(CNCCC)CN1CCN(c2ccccc2)CC1. The molecule has 0 aromatic heterocycles. The van der Waals surface area contributed by atoms with E-state index >= 15 is 0 Å². The van der Waals surface area contributed by atoms with Crippen LogP contribution in [-0.4, -0.2) is 50.7 Å². The number of rotatable bonds is 7. The maximum Gasteiger partial charge on any atom is 0.0367 e. The van der Waals surface area contributed by atoms with Gasteiger partial charge in [-0.1, -0.05) is 31.7 Å². The normalized spacial score (nSPS) is 16.4. The predicted molar refractivity (Wildman–Crippen MR) is 87.4 cm³/mol. The summed E-state index contributed by atoms with van der Waals surface area (Å²) in [5, 5.41) is 3.42. The van der Waals surface area contributed by atoms with Gasteiger partial charge < -0.3 is 10.2 Å². The fraction of sp³-hybridized carbons (Fsp3) is 0.529. The van der Waals surface area contributed by atoms with Gasteiger partial charge in [0.25, 0.3) is 0 Å². The van der Waals surface area contributed by atoms with Crippen molar-refractivity contribution in [3.63, 3.8) is 0 Å². The quantitative estimate of drug-likeness (QED) is 0.608. The topological polar surface area (TPSA) is 18.5 Å². The van der Waals surface area contributed by atoms with Gasteiger partial charge in [0, 0.05) is 45.0 Å². The zero-order valence-electron chi connectivity index (χ0n) is 12.6. The summed E-state index contributed by atoms with van der Waals surface area (Å²) >= 11 is 0. The molecule has 1 aromatic carbocycles. The maximum absolute atomic E-state index is 4.18. The lowest BCUT2D eigenvalue weighted by atomic mass is 10.2. The maximum atomic E-state index is 4.18. The molecular weight excluding hydrogens is 246 g/mol. The number of benzene rings is 1. The summed E-state index contributed by atoms with van der Waals surface area (Å²) in [5.41, 5.74) is 2.64. The van der Waals surface area contributed by atoms with Crippen molar-refractivity contribution in [3.05, 3.63) is 42.5 Å². The fourth-order valence-electron chi connectivity index (χ4n) is 2.62. The Morgan fingerprint density at radius 1 is 1.15 bits per heavy atom. The zero-order valence-corrected chi connectivity index (χ0v) is 12.6. The summed E-state index contributed by atoms with van der Waals surface area (Å²) < 4.78 is 0. The molecule has 0 unspecified atom stereocenters. The Morgan fingerprint density at radius 3 is 2.50 bits per heavy atom. The van der Waals surface area contributed by atoms with E-state index in [1.807, 2.05) is 0 Å². The largest absolute Gasteiger partial charge is 0.369 e. The average molecular weight is 273 g/mol. The molecule has 3 heteroatoms. The molecule has 0 atom stereocenters. The van der Waals surface area contributed by atoms with Crippen molar-refractivity contribution in [1.82, 2.24) is 10.2 Å². The number of para-hydroxylation sites is 1. The van der Waals surface area contributed by atoms with Crippen molar-refractivity contribution in [3.8, 4) is 0 Å². The van der Waals surface area contributed by atoms with E-state index in [1.165, 1.54) is 17.7 Å². The Kier molecular flexibility index (Phi) is 6.09. The lowest BCUT2D eigenvalue weighted by Gasteiger charge is -2.36. The summed E-state index contributed by atoms with van der Waals surface area (Å²) in [4.78, 5) is 4.98. The molecule has 2 rings (SSSR count). The fourth-order valence-corrected chi connectivity index (χ4v) is 2.62. The van der Waals surface area contributed by atoms with E-state index in [1.54, 1.807) is 0 Å². The number of nitrogens with zero attached hydrogens (tertiary/aromatic N) is 2. The van der Waals surface area contributed by atoms with Crippen LogP contribution >= 0.6 is 0 Å². The van der Waals surface area contributed by atoms with Gasteiger partial charge in [-0.15, -0.1) is 0 Å². The number of anilines is 1. The van der Waals surface area contributed by atoms with Crippen LogP contribution in [0.15, 0.2) is 42.5 Å². The molecule has 0 saturated carbocycles. The first-order valence-electron chi connectivity index (χ1n) is 7.69. The van der Waals surface area contributed by atoms with Crippen LogP contribution in [0.4, 0.5) is 5.69 Å². The van der Waals surface area contributed by atoms with Crippen molar-refractivity contribution >= 4 is 5.69 Å². The number of hydrogen-bond donors (Lipinski definition) is 1. The molecule has 1 N–H and O–H groups in total. The van der Waals surface area contributed by atoms with Crippen LogP contribution in [0.2, 0.25) is 0 Å². The van der Waals surface area contributed by atoms with Crippen LogP contribution in [-0.2, 0) is 0 Å². The average Bonchev–Trinajstić information content (AvgIpc) is 2.49. The number of piperazine rings is 1. The monoisotopic (exact) mass is 273 g/mol. The second-order valence-corrected chi connectivity index (χ2v) is 5.53. The van der Waals surface area contributed by atoms with E-state index < -0.39 is 0 Å². The van der Waals surface area contributed by atoms with E-state index in [0.717, 1.165) is 45.8 Å². The molecule has 1 aliphatic heterocycles. The zero-order chi connectivity index (χ0) is 14.2. The van der Waals surface area contributed by atoms with Crippen LogP contribution in [0.3, 0.4) is 0 Å². The highest BCUT2D eigenvalue weighted by Crippen LogP contribution is 2.15. The highest BCUT2D eigenvalue weighted by Gasteiger charge is 2.17. The summed E-state index contributed by atoms with van der Waals surface area (Å²) in [7, 11) is 0. The molecule has 0 aliphatic carbocycles. The number of nitrogens with one attached hydrogen (secondary N) is 1. The first-order valence-corrected chi connectivity index (χ1v) is 7.69. The third-order valence-electron chi connectivity index (χ3n) is 3.74. The van der Waals surface area contributed by atoms with Crippen LogP contribution in [0, 0.1) is 0 Å². The first kappa shape index (κ1) is 15.1. The second kappa shape index (κ2) is 8.08. The molecule has 1 heterocycles. The van der Waals surface area contributed by atoms with E-state index in [0.29, 0.717) is 0 Å². The smallest absolute Gasteiger partial charge is 0.0367 e. The Labute approximate surface area is 123 Å². The minimum Gasteiger partial charge on any atom is -0.369 e. The standard InChI is InChI=1S/C17H27N3/c1-3-9-18-14-16(2)15-19-10-12-20(13-11-19)17-7-5-4-6-8-17/h4-8,18H,2-3,9-15H2,1H3. The molecule has 0 amide bonds. The van der Waals surface area contributed by atoms with Gasteiger partial charge in [-0.05, 0) is 30.7 Å². The molecule has 0 spiro atoms. The molecule has 1 saturated heterocycles. The van der Waals surface area contributed by atoms with Gasteiger partial charge in [0.15, 0.2) is 0 Å². The van der Waals surface area contributed by atoms with Gasteiger partial charge in [-0.3, -0.25) is 4.90 Å². The summed E-state index contributed by atoms with van der Waals surface area (Å²) in [6, 6.07) is 10.7. The second-order valence-electron chi connectivity index (χ2n) is 5.53. The molecule has 0 radical (unpaired) electrons. The third kappa shape index (κ3) is 4.66. The first-order chi connectivity index (χ1) is 9.79. The molecule has 3 nitrogen and oxygen atoms in total. The summed E-state index contributed by atoms with van der Waals surface area (Å²) in [6.07, 6.45) is 1.18. The molecule has 1 aromatic rings. The van der Waals surface area contributed by atoms with Gasteiger partial charge in [0.05, 0.1) is 0 Å². The van der Waals surface area contributed by atoms with Crippen molar-refractivity contribution in [2.75, 3.05) is 50.7 Å².